The van der Waals surface area contributed by atoms with Gasteiger partial charge in [0.25, 0.3) is 0 Å². The van der Waals surface area contributed by atoms with Gasteiger partial charge in [0.15, 0.2) is 0 Å². The quantitative estimate of drug-likeness (QED) is 0.255. The lowest BCUT2D eigenvalue weighted by molar-refractivity contribution is -0.440. The molecule has 0 aliphatic carbocycles. The summed E-state index contributed by atoms with van der Waals surface area (Å²) in [5.41, 5.74) is -0.119. The summed E-state index contributed by atoms with van der Waals surface area (Å²) >= 11 is 1.77. The molecule has 14 heteroatoms. The normalized spacial score (nSPS) is 15.1. The summed E-state index contributed by atoms with van der Waals surface area (Å²) in [4.78, 5) is 0. The molecule has 0 atom stereocenters. The zero-order valence-electron chi connectivity index (χ0n) is 13.0. The summed E-state index contributed by atoms with van der Waals surface area (Å²) < 4.78 is 169. The van der Waals surface area contributed by atoms with Crippen LogP contribution in [-0.2, 0) is 6.42 Å². The van der Waals surface area contributed by atoms with E-state index < -0.39 is 48.6 Å². The van der Waals surface area contributed by atoms with Crippen LogP contribution in [0.4, 0.5) is 57.1 Å². The maximum absolute atomic E-state index is 13.6. The first kappa shape index (κ1) is 25.1. The number of benzene rings is 1. The fraction of sp³-hybridized carbons (Fsp3) is 0.571. The first-order chi connectivity index (χ1) is 12.2. The molecule has 0 radical (unpaired) electrons. The minimum Gasteiger partial charge on any atom is -0.200 e. The molecule has 0 nitrogen and oxygen atoms in total. The Morgan fingerprint density at radius 3 is 1.36 bits per heavy atom. The van der Waals surface area contributed by atoms with Gasteiger partial charge in [-0.3, -0.25) is 0 Å². The molecule has 0 fully saturated rings. The van der Waals surface area contributed by atoms with Gasteiger partial charge in [0.1, 0.15) is 0 Å². The summed E-state index contributed by atoms with van der Waals surface area (Å²) in [5, 5.41) is 0. The van der Waals surface area contributed by atoms with Crippen molar-refractivity contribution in [2.24, 2.45) is 0 Å². The number of alkyl halides is 13. The molecule has 28 heavy (non-hydrogen) atoms. The van der Waals surface area contributed by atoms with Crippen molar-refractivity contribution >= 4 is 22.6 Å². The molecule has 0 heterocycles. The summed E-state index contributed by atoms with van der Waals surface area (Å²) in [6.45, 7) is 0. The van der Waals surface area contributed by atoms with Crippen LogP contribution in [0.2, 0.25) is 0 Å². The van der Waals surface area contributed by atoms with E-state index in [4.69, 9.17) is 0 Å². The average Bonchev–Trinajstić information content (AvgIpc) is 2.52. The van der Waals surface area contributed by atoms with Gasteiger partial charge in [0.05, 0.1) is 0 Å². The Hall–Kier alpha value is -0.960. The first-order valence-electron chi connectivity index (χ1n) is 6.92. The smallest absolute Gasteiger partial charge is 0.200 e. The molecule has 0 aromatic heterocycles. The second-order valence-corrected chi connectivity index (χ2v) is 6.87. The van der Waals surface area contributed by atoms with Crippen LogP contribution in [0.1, 0.15) is 12.0 Å². The minimum absolute atomic E-state index is 0.119. The Morgan fingerprint density at radius 1 is 0.571 bits per heavy atom. The van der Waals surface area contributed by atoms with E-state index >= 15 is 0 Å². The molecule has 0 amide bonds. The molecular weight excluding hydrogens is 542 g/mol. The third-order valence-electron chi connectivity index (χ3n) is 3.64. The third kappa shape index (κ3) is 4.01. The van der Waals surface area contributed by atoms with Gasteiger partial charge in [0, 0.05) is 9.99 Å². The highest BCUT2D eigenvalue weighted by molar-refractivity contribution is 14.1. The Bertz CT molecular complexity index is 675. The van der Waals surface area contributed by atoms with E-state index in [2.05, 4.69) is 0 Å². The largest absolute Gasteiger partial charge is 0.460 e. The highest BCUT2D eigenvalue weighted by atomic mass is 127. The number of hydrogen-bond donors (Lipinski definition) is 0. The zero-order valence-corrected chi connectivity index (χ0v) is 15.2. The molecule has 0 spiro atoms. The van der Waals surface area contributed by atoms with Gasteiger partial charge >= 0.3 is 35.8 Å². The molecule has 1 rings (SSSR count). The average molecular weight is 550 g/mol. The molecule has 0 saturated heterocycles. The van der Waals surface area contributed by atoms with Gasteiger partial charge in [-0.05, 0) is 46.7 Å². The molecule has 0 saturated carbocycles. The van der Waals surface area contributed by atoms with Gasteiger partial charge in [-0.25, -0.2) is 0 Å². The monoisotopic (exact) mass is 550 g/mol. The molecule has 0 aliphatic heterocycles. The maximum Gasteiger partial charge on any atom is 0.460 e. The van der Waals surface area contributed by atoms with Crippen LogP contribution in [0.25, 0.3) is 0 Å². The number of aryl methyl sites for hydroxylation is 1. The molecule has 0 aliphatic rings. The van der Waals surface area contributed by atoms with Crippen molar-refractivity contribution in [1.82, 2.24) is 0 Å². The number of rotatable bonds is 7. The fourth-order valence-corrected chi connectivity index (χ4v) is 2.27. The molecule has 162 valence electrons. The molecule has 1 aromatic carbocycles. The van der Waals surface area contributed by atoms with Gasteiger partial charge in [0.2, 0.25) is 0 Å². The minimum atomic E-state index is -7.85. The Balaban J connectivity index is 3.23. The molecular formula is C14H8F13I. The van der Waals surface area contributed by atoms with Crippen molar-refractivity contribution < 1.29 is 57.1 Å². The predicted molar refractivity (Wildman–Crippen MR) is 78.3 cm³/mol. The van der Waals surface area contributed by atoms with Crippen LogP contribution in [-0.4, -0.2) is 35.8 Å². The van der Waals surface area contributed by atoms with Crippen molar-refractivity contribution in [2.75, 3.05) is 0 Å². The van der Waals surface area contributed by atoms with Gasteiger partial charge < -0.3 is 0 Å². The van der Waals surface area contributed by atoms with Crippen LogP contribution in [0.15, 0.2) is 24.3 Å². The second kappa shape index (κ2) is 7.38. The summed E-state index contributed by atoms with van der Waals surface area (Å²) in [6, 6.07) is 4.83. The highest BCUT2D eigenvalue weighted by Crippen LogP contribution is 2.60. The molecule has 0 unspecified atom stereocenters. The van der Waals surface area contributed by atoms with Gasteiger partial charge in [-0.1, -0.05) is 12.1 Å². The summed E-state index contributed by atoms with van der Waals surface area (Å²) in [6.07, 6.45) is -10.7. The van der Waals surface area contributed by atoms with Crippen molar-refractivity contribution in [1.29, 1.82) is 0 Å². The van der Waals surface area contributed by atoms with E-state index in [-0.39, 0.29) is 5.56 Å². The third-order valence-corrected chi connectivity index (χ3v) is 4.36. The van der Waals surface area contributed by atoms with Gasteiger partial charge in [-0.2, -0.15) is 57.1 Å². The lowest BCUT2D eigenvalue weighted by Gasteiger charge is -2.39. The van der Waals surface area contributed by atoms with E-state index in [0.717, 1.165) is 12.1 Å². The van der Waals surface area contributed by atoms with E-state index in [1.165, 1.54) is 12.1 Å². The lowest BCUT2D eigenvalue weighted by Crippen LogP contribution is -2.70. The predicted octanol–water partition coefficient (Wildman–Crippen LogP) is 6.96. The Morgan fingerprint density at radius 2 is 0.964 bits per heavy atom. The van der Waals surface area contributed by atoms with Crippen LogP contribution < -0.4 is 0 Å². The topological polar surface area (TPSA) is 0 Å². The van der Waals surface area contributed by atoms with Crippen LogP contribution in [0.5, 0.6) is 0 Å². The SMILES string of the molecule is FC(F)(F)C(F)(F)C(F)(F)C(F)(F)C(F)(F)C(F)(F)CCc1ccc(I)cc1. The first-order valence-corrected chi connectivity index (χ1v) is 8.00. The van der Waals surface area contributed by atoms with Crippen molar-refractivity contribution in [3.05, 3.63) is 33.4 Å². The number of hydrogen-bond acceptors (Lipinski definition) is 0. The summed E-state index contributed by atoms with van der Waals surface area (Å²) in [7, 11) is 0. The van der Waals surface area contributed by atoms with E-state index in [1.807, 2.05) is 0 Å². The highest BCUT2D eigenvalue weighted by Gasteiger charge is 2.90. The van der Waals surface area contributed by atoms with Crippen molar-refractivity contribution in [2.45, 2.75) is 48.6 Å². The van der Waals surface area contributed by atoms with E-state index in [1.54, 1.807) is 22.6 Å². The Kier molecular flexibility index (Phi) is 6.61. The van der Waals surface area contributed by atoms with Crippen LogP contribution in [0.3, 0.4) is 0 Å². The van der Waals surface area contributed by atoms with Crippen molar-refractivity contribution in [3.8, 4) is 0 Å². The lowest BCUT2D eigenvalue weighted by atomic mass is 9.91. The number of halogens is 14. The van der Waals surface area contributed by atoms with Crippen LogP contribution >= 0.6 is 22.6 Å². The second-order valence-electron chi connectivity index (χ2n) is 5.63. The van der Waals surface area contributed by atoms with Crippen LogP contribution in [0, 0.1) is 3.57 Å². The zero-order chi connectivity index (χ0) is 22.4. The van der Waals surface area contributed by atoms with Crippen molar-refractivity contribution in [3.63, 3.8) is 0 Å². The summed E-state index contributed by atoms with van der Waals surface area (Å²) in [5.74, 6) is -36.5. The molecule has 0 N–H and O–H groups in total. The van der Waals surface area contributed by atoms with Gasteiger partial charge in [-0.15, -0.1) is 0 Å². The Labute approximate surface area is 162 Å². The maximum atomic E-state index is 13.6. The molecule has 1 aromatic rings. The molecule has 0 bridgehead atoms. The van der Waals surface area contributed by atoms with E-state index in [0.29, 0.717) is 3.57 Å². The van der Waals surface area contributed by atoms with E-state index in [9.17, 15) is 57.1 Å². The fourth-order valence-electron chi connectivity index (χ4n) is 1.91. The standard InChI is InChI=1S/C14H8F13I/c15-9(16,6-5-7-1-3-8(28)4-2-7)10(17,18)11(19,20)12(21,22)13(23,24)14(25,26)27/h1-4H,5-6H2.